The monoisotopic (exact) mass is 1850 g/mol. The van der Waals surface area contributed by atoms with E-state index in [1.807, 2.05) is 55.4 Å². The molecule has 0 amide bonds. The van der Waals surface area contributed by atoms with Crippen LogP contribution in [0.15, 0.2) is 36.5 Å². The van der Waals surface area contributed by atoms with Gasteiger partial charge in [-0.2, -0.15) is 0 Å². The maximum Gasteiger partial charge on any atom is 0.136 e. The van der Waals surface area contributed by atoms with Crippen LogP contribution in [-0.4, -0.2) is 83.3 Å². The predicted molar refractivity (Wildman–Crippen MR) is 554 cm³/mol. The number of hydrogen-bond donors (Lipinski definition) is 4. The summed E-state index contributed by atoms with van der Waals surface area (Å²) in [6.07, 6.45) is 67.9. The van der Waals surface area contributed by atoms with Crippen LogP contribution in [0, 0.1) is 201 Å². The van der Waals surface area contributed by atoms with Crippen LogP contribution >= 0.6 is 0 Å². The third-order valence-corrected chi connectivity index (χ3v) is 38.9. The van der Waals surface area contributed by atoms with Crippen LogP contribution in [-0.2, 0) is 33.6 Å². The van der Waals surface area contributed by atoms with E-state index in [1.54, 1.807) is 0 Å². The van der Waals surface area contributed by atoms with E-state index < -0.39 is 22.4 Å². The van der Waals surface area contributed by atoms with Gasteiger partial charge in [0.2, 0.25) is 0 Å². The summed E-state index contributed by atoms with van der Waals surface area (Å²) < 4.78 is 0. The van der Waals surface area contributed by atoms with Crippen molar-refractivity contribution in [3.05, 3.63) is 36.5 Å². The lowest BCUT2D eigenvalue weighted by atomic mass is 9.73. The van der Waals surface area contributed by atoms with Gasteiger partial charge in [-0.05, 0) is 396 Å². The van der Waals surface area contributed by atoms with Gasteiger partial charge in [0.15, 0.2) is 0 Å². The molecule has 0 saturated heterocycles. The summed E-state index contributed by atoms with van der Waals surface area (Å²) in [5.74, 6) is 24.9. The molecule has 31 atom stereocenters. The maximum atomic E-state index is 12.0. The number of Topliss-reactive ketones (excluding diaryl/α,β-unsaturated/α-hetero) is 7. The van der Waals surface area contributed by atoms with Crippen molar-refractivity contribution >= 4 is 40.5 Å². The summed E-state index contributed by atoms with van der Waals surface area (Å²) in [5, 5.41) is 39.5. The number of hydrogen-bond acceptors (Lipinski definition) is 11. The lowest BCUT2D eigenvalue weighted by Gasteiger charge is -2.32. The second-order valence-corrected chi connectivity index (χ2v) is 51.8. The fourth-order valence-corrected chi connectivity index (χ4v) is 29.5. The van der Waals surface area contributed by atoms with Gasteiger partial charge in [0.1, 0.15) is 40.5 Å². The molecule has 14 aliphatic carbocycles. The van der Waals surface area contributed by atoms with E-state index in [0.717, 1.165) is 219 Å². The summed E-state index contributed by atoms with van der Waals surface area (Å²) >= 11 is 0. The fourth-order valence-electron chi connectivity index (χ4n) is 29.5. The van der Waals surface area contributed by atoms with Gasteiger partial charge < -0.3 is 20.4 Å². The van der Waals surface area contributed by atoms with Crippen molar-refractivity contribution in [2.24, 2.45) is 201 Å². The molecule has 14 rings (SSSR count). The van der Waals surface area contributed by atoms with Gasteiger partial charge in [-0.3, -0.25) is 33.6 Å². The molecule has 0 spiro atoms. The smallest absolute Gasteiger partial charge is 0.136 e. The van der Waals surface area contributed by atoms with Gasteiger partial charge in [-0.1, -0.05) is 211 Å². The number of allylic oxidation sites excluding steroid dienone is 4. The Balaban J connectivity index is 0.000000191. The number of aliphatic hydroxyl groups is 4. The number of carbonyl (C=O) groups excluding carboxylic acids is 7. The minimum Gasteiger partial charge on any atom is -0.390 e. The molecule has 14 saturated carbocycles. The molecule has 0 aromatic rings. The summed E-state index contributed by atoms with van der Waals surface area (Å²) in [6.45, 7) is 51.8. The highest BCUT2D eigenvalue weighted by atomic mass is 16.3. The second-order valence-electron chi connectivity index (χ2n) is 51.8. The van der Waals surface area contributed by atoms with Crippen LogP contribution in [0.4, 0.5) is 0 Å². The summed E-state index contributed by atoms with van der Waals surface area (Å²) in [7, 11) is 0. The normalized spacial score (nSPS) is 33.9. The van der Waals surface area contributed by atoms with Crippen LogP contribution in [0.5, 0.6) is 0 Å². The van der Waals surface area contributed by atoms with Crippen molar-refractivity contribution in [3.63, 3.8) is 0 Å². The van der Waals surface area contributed by atoms with E-state index in [4.69, 9.17) is 0 Å². The Morgan fingerprint density at radius 1 is 0.248 bits per heavy atom. The first-order valence-corrected chi connectivity index (χ1v) is 57.2. The zero-order chi connectivity index (χ0) is 98.1. The molecule has 0 heterocycles. The molecule has 0 bridgehead atoms. The zero-order valence-electron chi connectivity index (χ0n) is 90.5. The van der Waals surface area contributed by atoms with E-state index in [1.165, 1.54) is 154 Å². The predicted octanol–water partition coefficient (Wildman–Crippen LogP) is 30.4. The Hall–Kier alpha value is -3.25. The number of carbonyl (C=O) groups is 7. The molecular formula is C122H210O11. The first-order chi connectivity index (χ1) is 62.6. The van der Waals surface area contributed by atoms with Crippen LogP contribution in [0.3, 0.4) is 0 Å². The van der Waals surface area contributed by atoms with Gasteiger partial charge in [-0.15, -0.1) is 0 Å². The molecule has 0 aromatic heterocycles. The molecule has 0 aromatic carbocycles. The number of fused-ring (bicyclic) bond motifs is 7. The van der Waals surface area contributed by atoms with Crippen molar-refractivity contribution in [2.75, 3.05) is 0 Å². The van der Waals surface area contributed by atoms with E-state index in [0.29, 0.717) is 159 Å². The molecule has 14 aliphatic rings. The van der Waals surface area contributed by atoms with Crippen molar-refractivity contribution in [3.8, 4) is 0 Å². The first kappa shape index (κ1) is 115. The average molecular weight is 1850 g/mol. The molecule has 0 radical (unpaired) electrons. The largest absolute Gasteiger partial charge is 0.390 e. The Kier molecular flexibility index (Phi) is 46.9. The summed E-state index contributed by atoms with van der Waals surface area (Å²) in [6, 6.07) is 0. The van der Waals surface area contributed by atoms with E-state index in [9.17, 15) is 54.0 Å². The lowest BCUT2D eigenvalue weighted by molar-refractivity contribution is -0.127. The van der Waals surface area contributed by atoms with E-state index in [2.05, 4.69) is 147 Å². The highest BCUT2D eigenvalue weighted by molar-refractivity contribution is 5.85. The minimum absolute atomic E-state index is 0.162. The van der Waals surface area contributed by atoms with E-state index >= 15 is 0 Å². The van der Waals surface area contributed by atoms with Gasteiger partial charge in [0, 0.05) is 98.2 Å². The van der Waals surface area contributed by atoms with Crippen LogP contribution in [0.1, 0.15) is 468 Å². The number of ketones is 7. The molecule has 7 unspecified atom stereocenters. The minimum atomic E-state index is -0.658. The summed E-state index contributed by atoms with van der Waals surface area (Å²) in [5.41, 5.74) is -2.37. The molecule has 764 valence electrons. The van der Waals surface area contributed by atoms with Gasteiger partial charge in [0.25, 0.3) is 0 Å². The van der Waals surface area contributed by atoms with Gasteiger partial charge in [0.05, 0.1) is 22.4 Å². The fraction of sp³-hybridized carbons (Fsp3) is 0.893. The van der Waals surface area contributed by atoms with Crippen molar-refractivity contribution in [1.82, 2.24) is 0 Å². The van der Waals surface area contributed by atoms with E-state index in [-0.39, 0.29) is 11.8 Å². The molecule has 4 N–H and O–H groups in total. The standard InChI is InChI=1S/2C18H30O2.C18H30O.2C17H30O2.2C17H30O/c2*1-12(8-9-13(2)18(3,4)20)14-10-11-16-15(14)6-5-7-17(16)19;1-12(2)13(3)8-9-14(4)15-10-11-17-16(15)6-5-7-18(17)19;2*1-12(6-5-11-17(2,3)19)13-9-10-15-14(13)7-4-8-16(15)18;2*1-12(2)6-4-7-13(3)14-10-11-16-15(14)8-5-9-17(16)18/h2*8-9,12-16,20H,5-7,10-11H2,1-4H3;8-9,12-17H,5-7,10-11H2,1-4H3;2*12-15,19H,4-11H2,1-3H3;2*12-16H,4-11H2,1-3H3/b3*9-8+;;;;/t2*12-,13+,14?,15-,16-;13-,14+,15?,16+,17+;12-,13?,14+,15+;12-,13?,14-,15-;13-,14?,15+,16+;13-,14?,15-,16-/m1100101/s1. The van der Waals surface area contributed by atoms with Crippen molar-refractivity contribution in [1.29, 1.82) is 0 Å². The van der Waals surface area contributed by atoms with Gasteiger partial charge in [-0.25, -0.2) is 0 Å². The highest BCUT2D eigenvalue weighted by Gasteiger charge is 2.51. The van der Waals surface area contributed by atoms with Gasteiger partial charge >= 0.3 is 0 Å². The van der Waals surface area contributed by atoms with Crippen LogP contribution in [0.25, 0.3) is 0 Å². The van der Waals surface area contributed by atoms with Crippen molar-refractivity contribution in [2.45, 2.75) is 490 Å². The first-order valence-electron chi connectivity index (χ1n) is 57.2. The molecule has 11 heteroatoms. The number of rotatable bonds is 32. The molecule has 11 nitrogen and oxygen atoms in total. The van der Waals surface area contributed by atoms with Crippen LogP contribution < -0.4 is 0 Å². The Morgan fingerprint density at radius 2 is 0.444 bits per heavy atom. The second kappa shape index (κ2) is 54.3. The molecule has 0 aliphatic heterocycles. The topological polar surface area (TPSA) is 200 Å². The lowest BCUT2D eigenvalue weighted by Crippen LogP contribution is -2.29. The molecule has 14 fully saturated rings. The quantitative estimate of drug-likeness (QED) is 0.0467. The highest BCUT2D eigenvalue weighted by Crippen LogP contribution is 2.55. The maximum absolute atomic E-state index is 12.0. The third kappa shape index (κ3) is 35.1. The SMILES string of the molecule is CC(C)CCC[C@@H](C)C1CC[C@H]2C(=O)CCC[C@H]12.CC(C)CCC[C@H](C)C1CC[C@H]2C(=O)CCC[C@H]12.CC(C)[C@@H](C)/C=C/[C@@H](C)C1CC[C@H]2C(=O)CCC[C@H]12.C[C@@H](CCCC(C)(C)O)C1CC[C@H]2C(=O)CCC[C@H]12.C[C@H](/C=C/[C@H](C)C(C)(C)O)C1CC[C@H]2C(=O)CCC[C@H]12.C[C@H](/C=C/[C@H](C)C(C)(C)O)C1CC[C@H]2C(=O)CCC[C@H]12.C[C@H](CCCC(C)(C)O)C1CC[C@H]2C(=O)CCC[C@H]12. The zero-order valence-corrected chi connectivity index (χ0v) is 90.5. The Bertz CT molecular complexity index is 3380. The Morgan fingerprint density at radius 3 is 0.639 bits per heavy atom. The van der Waals surface area contributed by atoms with Crippen molar-refractivity contribution < 1.29 is 54.0 Å². The summed E-state index contributed by atoms with van der Waals surface area (Å²) in [4.78, 5) is 83.8. The Labute approximate surface area is 817 Å². The third-order valence-electron chi connectivity index (χ3n) is 38.9. The van der Waals surface area contributed by atoms with Crippen LogP contribution in [0.2, 0.25) is 0 Å². The average Bonchev–Trinajstić information content (AvgIpc) is 1.70. The molecular weight excluding hydrogens is 1640 g/mol. The molecule has 133 heavy (non-hydrogen) atoms.